The van der Waals surface area contributed by atoms with Crippen molar-refractivity contribution in [3.8, 4) is 0 Å². The highest BCUT2D eigenvalue weighted by Gasteiger charge is 2.62. The molecule has 2 aromatic rings. The fourth-order valence-electron chi connectivity index (χ4n) is 3.47. The largest absolute Gasteiger partial charge is 0.337 e. The highest BCUT2D eigenvalue weighted by molar-refractivity contribution is 5.95. The van der Waals surface area contributed by atoms with Crippen LogP contribution >= 0.6 is 0 Å². The van der Waals surface area contributed by atoms with E-state index in [0.717, 1.165) is 24.9 Å². The molecule has 0 atom stereocenters. The number of hydrogen-bond donors (Lipinski definition) is 0. The third-order valence-electron chi connectivity index (χ3n) is 4.40. The van der Waals surface area contributed by atoms with Crippen molar-refractivity contribution in [2.75, 3.05) is 6.54 Å². The van der Waals surface area contributed by atoms with E-state index in [1.54, 1.807) is 6.92 Å². The molecule has 1 aliphatic carbocycles. The SMILES string of the molecule is Cc1noc(C23CC(CN2C(=O)c2ccccc2)C3)n1. The number of hydrogen-bond acceptors (Lipinski definition) is 4. The van der Waals surface area contributed by atoms with Crippen molar-refractivity contribution >= 4 is 5.91 Å². The Kier molecular flexibility index (Phi) is 2.28. The van der Waals surface area contributed by atoms with Gasteiger partial charge >= 0.3 is 0 Å². The third-order valence-corrected chi connectivity index (χ3v) is 4.40. The van der Waals surface area contributed by atoms with E-state index in [4.69, 9.17) is 4.52 Å². The van der Waals surface area contributed by atoms with Gasteiger partial charge in [-0.25, -0.2) is 0 Å². The minimum atomic E-state index is -0.362. The van der Waals surface area contributed by atoms with Crippen LogP contribution in [0.25, 0.3) is 0 Å². The molecule has 0 radical (unpaired) electrons. The van der Waals surface area contributed by atoms with E-state index >= 15 is 0 Å². The first kappa shape index (κ1) is 11.6. The van der Waals surface area contributed by atoms with Crippen LogP contribution in [0.3, 0.4) is 0 Å². The minimum absolute atomic E-state index is 0.0569. The van der Waals surface area contributed by atoms with Crippen molar-refractivity contribution in [3.05, 3.63) is 47.6 Å². The lowest BCUT2D eigenvalue weighted by molar-refractivity contribution is 0.0428. The summed E-state index contributed by atoms with van der Waals surface area (Å²) in [5.41, 5.74) is 0.356. The van der Waals surface area contributed by atoms with Crippen LogP contribution in [-0.2, 0) is 5.54 Å². The Hall–Kier alpha value is -2.17. The summed E-state index contributed by atoms with van der Waals surface area (Å²) in [6.45, 7) is 2.59. The second-order valence-electron chi connectivity index (χ2n) is 5.73. The second-order valence-corrected chi connectivity index (χ2v) is 5.73. The Morgan fingerprint density at radius 2 is 2.10 bits per heavy atom. The number of fused-ring (bicyclic) bond motifs is 1. The number of nitrogens with zero attached hydrogens (tertiary/aromatic N) is 3. The van der Waals surface area contributed by atoms with Gasteiger partial charge in [-0.15, -0.1) is 0 Å². The van der Waals surface area contributed by atoms with Gasteiger partial charge in [0.1, 0.15) is 5.54 Å². The standard InChI is InChI=1S/C15H15N3O2/c1-10-16-14(20-17-10)15-7-11(8-15)9-18(15)13(19)12-5-3-2-4-6-12/h2-6,11H,7-9H2,1H3. The van der Waals surface area contributed by atoms with Gasteiger partial charge in [0, 0.05) is 12.1 Å². The molecule has 2 saturated heterocycles. The summed E-state index contributed by atoms with van der Waals surface area (Å²) < 4.78 is 5.35. The lowest BCUT2D eigenvalue weighted by Crippen LogP contribution is -2.46. The maximum Gasteiger partial charge on any atom is 0.254 e. The van der Waals surface area contributed by atoms with Gasteiger partial charge in [-0.05, 0) is 37.8 Å². The zero-order chi connectivity index (χ0) is 13.7. The van der Waals surface area contributed by atoms with Crippen LogP contribution in [0.1, 0.15) is 34.9 Å². The van der Waals surface area contributed by atoms with Crippen LogP contribution in [0.2, 0.25) is 0 Å². The second kappa shape index (κ2) is 3.91. The first-order valence-electron chi connectivity index (χ1n) is 6.87. The zero-order valence-corrected chi connectivity index (χ0v) is 11.2. The number of carbonyl (C=O) groups excluding carboxylic acids is 1. The molecule has 3 fully saturated rings. The van der Waals surface area contributed by atoms with Gasteiger partial charge in [-0.1, -0.05) is 23.4 Å². The van der Waals surface area contributed by atoms with E-state index in [-0.39, 0.29) is 11.4 Å². The Balaban J connectivity index is 1.70. The van der Waals surface area contributed by atoms with Crippen molar-refractivity contribution in [1.82, 2.24) is 15.0 Å². The van der Waals surface area contributed by atoms with Gasteiger partial charge in [0.2, 0.25) is 0 Å². The van der Waals surface area contributed by atoms with Crippen LogP contribution in [0.4, 0.5) is 0 Å². The van der Waals surface area contributed by atoms with Crippen LogP contribution in [0.5, 0.6) is 0 Å². The first-order valence-corrected chi connectivity index (χ1v) is 6.87. The topological polar surface area (TPSA) is 59.2 Å². The van der Waals surface area contributed by atoms with E-state index in [1.807, 2.05) is 35.2 Å². The maximum atomic E-state index is 12.7. The van der Waals surface area contributed by atoms with Gasteiger partial charge in [-0.2, -0.15) is 4.98 Å². The molecule has 2 aliphatic heterocycles. The summed E-state index contributed by atoms with van der Waals surface area (Å²) in [6, 6.07) is 9.39. The molecule has 5 nitrogen and oxygen atoms in total. The molecular formula is C15H15N3O2. The Morgan fingerprint density at radius 1 is 1.35 bits per heavy atom. The molecular weight excluding hydrogens is 254 g/mol. The lowest BCUT2D eigenvalue weighted by atomic mass is 9.73. The average Bonchev–Trinajstić information content (AvgIpc) is 3.10. The molecule has 20 heavy (non-hydrogen) atoms. The maximum absolute atomic E-state index is 12.7. The van der Waals surface area contributed by atoms with E-state index in [2.05, 4.69) is 10.1 Å². The smallest absolute Gasteiger partial charge is 0.254 e. The number of amides is 1. The number of rotatable bonds is 2. The molecule has 1 amide bonds. The van der Waals surface area contributed by atoms with Crippen molar-refractivity contribution in [1.29, 1.82) is 0 Å². The number of carbonyl (C=O) groups is 1. The third kappa shape index (κ3) is 1.46. The van der Waals surface area contributed by atoms with E-state index in [9.17, 15) is 4.79 Å². The fourth-order valence-corrected chi connectivity index (χ4v) is 3.47. The van der Waals surface area contributed by atoms with E-state index in [0.29, 0.717) is 17.6 Å². The molecule has 3 aliphatic rings. The van der Waals surface area contributed by atoms with Crippen molar-refractivity contribution in [2.45, 2.75) is 25.3 Å². The van der Waals surface area contributed by atoms with Gasteiger partial charge in [0.25, 0.3) is 11.8 Å². The molecule has 3 heterocycles. The normalized spacial score (nSPS) is 27.4. The van der Waals surface area contributed by atoms with Crippen molar-refractivity contribution < 1.29 is 9.32 Å². The molecule has 5 rings (SSSR count). The van der Waals surface area contributed by atoms with Crippen molar-refractivity contribution in [3.63, 3.8) is 0 Å². The summed E-state index contributed by atoms with van der Waals surface area (Å²) in [6.07, 6.45) is 1.88. The van der Waals surface area contributed by atoms with Crippen LogP contribution in [-0.4, -0.2) is 27.5 Å². The van der Waals surface area contributed by atoms with Crippen molar-refractivity contribution in [2.24, 2.45) is 5.92 Å². The van der Waals surface area contributed by atoms with Gasteiger partial charge in [-0.3, -0.25) is 4.79 Å². The van der Waals surface area contributed by atoms with Crippen LogP contribution in [0, 0.1) is 12.8 Å². The molecule has 5 heteroatoms. The molecule has 0 unspecified atom stereocenters. The number of aryl methyl sites for hydroxylation is 1. The number of benzene rings is 1. The molecule has 2 bridgehead atoms. The highest BCUT2D eigenvalue weighted by Crippen LogP contribution is 2.56. The minimum Gasteiger partial charge on any atom is -0.337 e. The molecule has 1 aromatic heterocycles. The monoisotopic (exact) mass is 269 g/mol. The van der Waals surface area contributed by atoms with Crippen LogP contribution < -0.4 is 0 Å². The summed E-state index contributed by atoms with van der Waals surface area (Å²) in [7, 11) is 0. The van der Waals surface area contributed by atoms with Gasteiger partial charge in [0.05, 0.1) is 0 Å². The van der Waals surface area contributed by atoms with E-state index < -0.39 is 0 Å². The van der Waals surface area contributed by atoms with Crippen LogP contribution in [0.15, 0.2) is 34.9 Å². The Morgan fingerprint density at radius 3 is 2.75 bits per heavy atom. The first-order chi connectivity index (χ1) is 9.69. The molecule has 1 aromatic carbocycles. The lowest BCUT2D eigenvalue weighted by Gasteiger charge is -2.38. The summed E-state index contributed by atoms with van der Waals surface area (Å²) in [5.74, 6) is 1.83. The Bertz CT molecular complexity index is 659. The highest BCUT2D eigenvalue weighted by atomic mass is 16.5. The predicted octanol–water partition coefficient (Wildman–Crippen LogP) is 2.14. The Labute approximate surface area is 116 Å². The zero-order valence-electron chi connectivity index (χ0n) is 11.2. The fraction of sp³-hybridized carbons (Fsp3) is 0.400. The molecule has 102 valence electrons. The molecule has 0 N–H and O–H groups in total. The molecule has 0 spiro atoms. The summed E-state index contributed by atoms with van der Waals surface area (Å²) >= 11 is 0. The summed E-state index contributed by atoms with van der Waals surface area (Å²) in [4.78, 5) is 19.0. The molecule has 1 saturated carbocycles. The van der Waals surface area contributed by atoms with Gasteiger partial charge < -0.3 is 9.42 Å². The predicted molar refractivity (Wildman–Crippen MR) is 70.9 cm³/mol. The average molecular weight is 269 g/mol. The number of aromatic nitrogens is 2. The quantitative estimate of drug-likeness (QED) is 0.838. The summed E-state index contributed by atoms with van der Waals surface area (Å²) in [5, 5.41) is 3.87. The van der Waals surface area contributed by atoms with E-state index in [1.165, 1.54) is 0 Å². The van der Waals surface area contributed by atoms with Gasteiger partial charge in [0.15, 0.2) is 5.82 Å².